The first kappa shape index (κ1) is 11.8. The fraction of sp³-hybridized carbons (Fsp3) is 0.200. The molecule has 2 amide bonds. The molecular formula is C10H12N2O4. The van der Waals surface area contributed by atoms with Crippen molar-refractivity contribution >= 4 is 17.7 Å². The van der Waals surface area contributed by atoms with Crippen molar-refractivity contribution in [2.45, 2.75) is 6.42 Å². The Labute approximate surface area is 91.9 Å². The van der Waals surface area contributed by atoms with Crippen molar-refractivity contribution in [2.75, 3.05) is 11.4 Å². The third kappa shape index (κ3) is 3.16. The number of aliphatic carboxylic acids is 1. The van der Waals surface area contributed by atoms with E-state index >= 15 is 0 Å². The van der Waals surface area contributed by atoms with Crippen LogP contribution in [0.25, 0.3) is 0 Å². The Hall–Kier alpha value is -2.24. The number of phenolic OH excluding ortho intramolecular Hbond substituents is 1. The molecule has 4 N–H and O–H groups in total. The van der Waals surface area contributed by atoms with E-state index in [-0.39, 0.29) is 18.7 Å². The van der Waals surface area contributed by atoms with Crippen LogP contribution in [-0.2, 0) is 4.79 Å². The number of carboxylic acid groups (broad SMARTS) is 1. The van der Waals surface area contributed by atoms with Crippen LogP contribution in [0, 0.1) is 0 Å². The van der Waals surface area contributed by atoms with E-state index in [9.17, 15) is 9.59 Å². The van der Waals surface area contributed by atoms with Gasteiger partial charge in [0, 0.05) is 12.2 Å². The SMILES string of the molecule is NC(=O)N(CCC(=O)O)c1ccc(O)cc1. The van der Waals surface area contributed by atoms with Crippen molar-refractivity contribution in [2.24, 2.45) is 5.73 Å². The van der Waals surface area contributed by atoms with E-state index in [0.29, 0.717) is 5.69 Å². The highest BCUT2D eigenvalue weighted by molar-refractivity contribution is 5.91. The molecule has 0 unspecified atom stereocenters. The molecule has 1 aromatic rings. The van der Waals surface area contributed by atoms with Crippen molar-refractivity contribution in [1.29, 1.82) is 0 Å². The molecule has 0 bridgehead atoms. The third-order valence-corrected chi connectivity index (χ3v) is 1.98. The lowest BCUT2D eigenvalue weighted by Gasteiger charge is -2.19. The zero-order valence-electron chi connectivity index (χ0n) is 8.46. The summed E-state index contributed by atoms with van der Waals surface area (Å²) in [7, 11) is 0. The van der Waals surface area contributed by atoms with Crippen LogP contribution >= 0.6 is 0 Å². The second kappa shape index (κ2) is 5.01. The molecule has 0 aromatic heterocycles. The van der Waals surface area contributed by atoms with Gasteiger partial charge >= 0.3 is 12.0 Å². The highest BCUT2D eigenvalue weighted by Gasteiger charge is 2.13. The molecular weight excluding hydrogens is 212 g/mol. The number of nitrogens with two attached hydrogens (primary N) is 1. The number of carboxylic acids is 1. The normalized spacial score (nSPS) is 9.75. The number of anilines is 1. The largest absolute Gasteiger partial charge is 0.508 e. The highest BCUT2D eigenvalue weighted by Crippen LogP contribution is 2.18. The summed E-state index contributed by atoms with van der Waals surface area (Å²) >= 11 is 0. The first-order chi connectivity index (χ1) is 7.50. The van der Waals surface area contributed by atoms with Gasteiger partial charge in [-0.25, -0.2) is 4.79 Å². The fourth-order valence-electron chi connectivity index (χ4n) is 1.21. The van der Waals surface area contributed by atoms with Crippen LogP contribution in [0.3, 0.4) is 0 Å². The van der Waals surface area contributed by atoms with Crippen LogP contribution in [0.4, 0.5) is 10.5 Å². The lowest BCUT2D eigenvalue weighted by atomic mass is 10.2. The predicted octanol–water partition coefficient (Wildman–Crippen LogP) is 0.752. The second-order valence-corrected chi connectivity index (χ2v) is 3.15. The van der Waals surface area contributed by atoms with Crippen LogP contribution in [0.2, 0.25) is 0 Å². The molecule has 0 heterocycles. The van der Waals surface area contributed by atoms with Crippen molar-refractivity contribution in [3.05, 3.63) is 24.3 Å². The van der Waals surface area contributed by atoms with E-state index in [0.717, 1.165) is 4.90 Å². The van der Waals surface area contributed by atoms with Crippen molar-refractivity contribution < 1.29 is 19.8 Å². The molecule has 0 saturated heterocycles. The summed E-state index contributed by atoms with van der Waals surface area (Å²) in [5.74, 6) is -0.948. The molecule has 0 saturated carbocycles. The van der Waals surface area contributed by atoms with Gasteiger partial charge in [0.2, 0.25) is 0 Å². The smallest absolute Gasteiger partial charge is 0.319 e. The van der Waals surface area contributed by atoms with Gasteiger partial charge in [0.1, 0.15) is 5.75 Å². The number of hydrogen-bond acceptors (Lipinski definition) is 3. The zero-order valence-corrected chi connectivity index (χ0v) is 8.46. The van der Waals surface area contributed by atoms with Crippen LogP contribution in [0.1, 0.15) is 6.42 Å². The standard InChI is InChI=1S/C10H12N2O4/c11-10(16)12(6-5-9(14)15)7-1-3-8(13)4-2-7/h1-4,13H,5-6H2,(H2,11,16)(H,14,15). The average Bonchev–Trinajstić information content (AvgIpc) is 2.20. The summed E-state index contributed by atoms with van der Waals surface area (Å²) < 4.78 is 0. The van der Waals surface area contributed by atoms with E-state index in [1.54, 1.807) is 0 Å². The zero-order chi connectivity index (χ0) is 12.1. The molecule has 0 spiro atoms. The molecule has 86 valence electrons. The van der Waals surface area contributed by atoms with Gasteiger partial charge in [-0.1, -0.05) is 0 Å². The quantitative estimate of drug-likeness (QED) is 0.701. The number of primary amides is 1. The molecule has 6 heteroatoms. The Morgan fingerprint density at radius 2 is 1.81 bits per heavy atom. The number of urea groups is 1. The monoisotopic (exact) mass is 224 g/mol. The number of carbonyl (C=O) groups is 2. The van der Waals surface area contributed by atoms with Crippen LogP contribution < -0.4 is 10.6 Å². The van der Waals surface area contributed by atoms with Crippen LogP contribution in [0.15, 0.2) is 24.3 Å². The van der Waals surface area contributed by atoms with Gasteiger partial charge < -0.3 is 15.9 Å². The lowest BCUT2D eigenvalue weighted by Crippen LogP contribution is -2.37. The lowest BCUT2D eigenvalue weighted by molar-refractivity contribution is -0.136. The second-order valence-electron chi connectivity index (χ2n) is 3.15. The minimum absolute atomic E-state index is 0.00452. The minimum atomic E-state index is -1.01. The number of rotatable bonds is 4. The third-order valence-electron chi connectivity index (χ3n) is 1.98. The molecule has 0 aliphatic carbocycles. The average molecular weight is 224 g/mol. The predicted molar refractivity (Wildman–Crippen MR) is 57.3 cm³/mol. The summed E-state index contributed by atoms with van der Waals surface area (Å²) in [5.41, 5.74) is 5.58. The summed E-state index contributed by atoms with van der Waals surface area (Å²) in [6, 6.07) is 5.04. The number of hydrogen-bond donors (Lipinski definition) is 3. The van der Waals surface area contributed by atoms with Gasteiger partial charge in [0.05, 0.1) is 6.42 Å². The molecule has 0 fully saturated rings. The van der Waals surface area contributed by atoms with Crippen molar-refractivity contribution in [3.8, 4) is 5.75 Å². The molecule has 0 aliphatic heterocycles. The molecule has 0 atom stereocenters. The first-order valence-corrected chi connectivity index (χ1v) is 4.58. The fourth-order valence-corrected chi connectivity index (χ4v) is 1.21. The van der Waals surface area contributed by atoms with E-state index in [1.165, 1.54) is 24.3 Å². The molecule has 0 radical (unpaired) electrons. The molecule has 1 aromatic carbocycles. The van der Waals surface area contributed by atoms with Crippen molar-refractivity contribution in [1.82, 2.24) is 0 Å². The van der Waals surface area contributed by atoms with Crippen molar-refractivity contribution in [3.63, 3.8) is 0 Å². The summed E-state index contributed by atoms with van der Waals surface area (Å²) in [6.07, 6.45) is -0.191. The number of carbonyl (C=O) groups excluding carboxylic acids is 1. The van der Waals surface area contributed by atoms with Crippen LogP contribution in [0.5, 0.6) is 5.75 Å². The number of amides is 2. The molecule has 6 nitrogen and oxygen atoms in total. The molecule has 1 rings (SSSR count). The summed E-state index contributed by atoms with van der Waals surface area (Å²) in [6.45, 7) is -0.00452. The number of aromatic hydroxyl groups is 1. The summed E-state index contributed by atoms with van der Waals surface area (Å²) in [4.78, 5) is 22.6. The highest BCUT2D eigenvalue weighted by atomic mass is 16.4. The van der Waals surface area contributed by atoms with Gasteiger partial charge in [-0.2, -0.15) is 0 Å². The van der Waals surface area contributed by atoms with E-state index < -0.39 is 12.0 Å². The van der Waals surface area contributed by atoms with Gasteiger partial charge in [-0.15, -0.1) is 0 Å². The van der Waals surface area contributed by atoms with Gasteiger partial charge in [0.25, 0.3) is 0 Å². The number of phenols is 1. The Morgan fingerprint density at radius 1 is 1.25 bits per heavy atom. The number of benzene rings is 1. The minimum Gasteiger partial charge on any atom is -0.508 e. The first-order valence-electron chi connectivity index (χ1n) is 4.58. The van der Waals surface area contributed by atoms with Gasteiger partial charge in [-0.05, 0) is 24.3 Å². The van der Waals surface area contributed by atoms with E-state index in [2.05, 4.69) is 0 Å². The molecule has 0 aliphatic rings. The maximum Gasteiger partial charge on any atom is 0.319 e. The van der Waals surface area contributed by atoms with E-state index in [4.69, 9.17) is 15.9 Å². The number of nitrogens with zero attached hydrogens (tertiary/aromatic N) is 1. The maximum atomic E-state index is 11.1. The Balaban J connectivity index is 2.81. The van der Waals surface area contributed by atoms with Gasteiger partial charge in [0.15, 0.2) is 0 Å². The van der Waals surface area contributed by atoms with E-state index in [1.807, 2.05) is 0 Å². The maximum absolute atomic E-state index is 11.1. The Kier molecular flexibility index (Phi) is 3.71. The topological polar surface area (TPSA) is 104 Å². The van der Waals surface area contributed by atoms with Gasteiger partial charge in [-0.3, -0.25) is 9.69 Å². The van der Waals surface area contributed by atoms with Crippen LogP contribution in [-0.4, -0.2) is 28.8 Å². The molecule has 16 heavy (non-hydrogen) atoms. The summed E-state index contributed by atoms with van der Waals surface area (Å²) in [5, 5.41) is 17.6. The Morgan fingerprint density at radius 3 is 2.25 bits per heavy atom. The Bertz CT molecular complexity index is 388.